The van der Waals surface area contributed by atoms with Gasteiger partial charge in [-0.2, -0.15) is 0 Å². The van der Waals surface area contributed by atoms with Crippen LogP contribution in [0, 0.1) is 0 Å². The van der Waals surface area contributed by atoms with Gasteiger partial charge in [0.2, 0.25) is 0 Å². The zero-order valence-corrected chi connectivity index (χ0v) is 11.2. The minimum absolute atomic E-state index is 0.302. The number of rotatable bonds is 7. The number of anilines is 1. The second kappa shape index (κ2) is 7.16. The monoisotopic (exact) mass is 272 g/mol. The molecule has 0 spiro atoms. The molecule has 0 radical (unpaired) electrons. The van der Waals surface area contributed by atoms with Gasteiger partial charge >= 0.3 is 0 Å². The van der Waals surface area contributed by atoms with E-state index in [1.54, 1.807) is 13.2 Å². The van der Waals surface area contributed by atoms with E-state index in [-0.39, 0.29) is 0 Å². The molecule has 0 aliphatic rings. The number of nitrogens with zero attached hydrogens (tertiary/aromatic N) is 1. The molecule has 5 nitrogen and oxygen atoms in total. The average Bonchev–Trinajstić information content (AvgIpc) is 2.52. The van der Waals surface area contributed by atoms with Gasteiger partial charge in [-0.05, 0) is 17.7 Å². The van der Waals surface area contributed by atoms with Crippen molar-refractivity contribution >= 4 is 12.1 Å². The Bertz CT molecular complexity index is 546. The number of methoxy groups -OCH3 is 1. The lowest BCUT2D eigenvalue weighted by atomic mass is 10.2. The molecule has 0 aliphatic carbocycles. The maximum Gasteiger partial charge on any atom is 0.254 e. The zero-order chi connectivity index (χ0) is 14.2. The van der Waals surface area contributed by atoms with Crippen molar-refractivity contribution in [2.24, 2.45) is 0 Å². The normalized spacial score (nSPS) is 9.85. The molecular formula is C15H16N2O3. The number of amides is 1. The van der Waals surface area contributed by atoms with Crippen LogP contribution in [0.25, 0.3) is 0 Å². The van der Waals surface area contributed by atoms with Crippen molar-refractivity contribution in [1.29, 1.82) is 0 Å². The lowest BCUT2D eigenvalue weighted by Gasteiger charge is -2.19. The van der Waals surface area contributed by atoms with Crippen LogP contribution in [0.15, 0.2) is 54.6 Å². The minimum atomic E-state index is 0.302. The third kappa shape index (κ3) is 4.00. The van der Waals surface area contributed by atoms with E-state index in [2.05, 4.69) is 5.43 Å². The van der Waals surface area contributed by atoms with E-state index in [4.69, 9.17) is 9.57 Å². The highest BCUT2D eigenvalue weighted by Crippen LogP contribution is 2.17. The van der Waals surface area contributed by atoms with Crippen molar-refractivity contribution in [3.63, 3.8) is 0 Å². The summed E-state index contributed by atoms with van der Waals surface area (Å²) >= 11 is 0. The second-order valence-electron chi connectivity index (χ2n) is 4.03. The first-order valence-corrected chi connectivity index (χ1v) is 6.14. The van der Waals surface area contributed by atoms with E-state index >= 15 is 0 Å². The van der Waals surface area contributed by atoms with Crippen molar-refractivity contribution in [3.8, 4) is 5.75 Å². The van der Waals surface area contributed by atoms with Crippen molar-refractivity contribution in [3.05, 3.63) is 60.2 Å². The minimum Gasteiger partial charge on any atom is -0.497 e. The molecule has 20 heavy (non-hydrogen) atoms. The Morgan fingerprint density at radius 2 is 1.95 bits per heavy atom. The summed E-state index contributed by atoms with van der Waals surface area (Å²) in [6.45, 7) is 0.302. The van der Waals surface area contributed by atoms with Crippen LogP contribution in [0.2, 0.25) is 0 Å². The van der Waals surface area contributed by atoms with Crippen molar-refractivity contribution in [1.82, 2.24) is 5.17 Å². The number of carbonyl (C=O) groups is 1. The molecule has 0 heterocycles. The molecule has 0 saturated carbocycles. The van der Waals surface area contributed by atoms with Gasteiger partial charge in [0.25, 0.3) is 6.41 Å². The Morgan fingerprint density at radius 3 is 2.65 bits per heavy atom. The number of hydrogen-bond donors (Lipinski definition) is 1. The first-order valence-electron chi connectivity index (χ1n) is 6.14. The number of benzene rings is 2. The topological polar surface area (TPSA) is 50.8 Å². The molecule has 0 unspecified atom stereocenters. The summed E-state index contributed by atoms with van der Waals surface area (Å²) in [7, 11) is 1.59. The van der Waals surface area contributed by atoms with Crippen molar-refractivity contribution in [2.75, 3.05) is 12.5 Å². The first kappa shape index (κ1) is 13.9. The summed E-state index contributed by atoms with van der Waals surface area (Å²) in [4.78, 5) is 16.4. The molecule has 2 aromatic rings. The van der Waals surface area contributed by atoms with Gasteiger partial charge in [0.15, 0.2) is 0 Å². The van der Waals surface area contributed by atoms with Crippen LogP contribution in [-0.4, -0.2) is 18.7 Å². The summed E-state index contributed by atoms with van der Waals surface area (Å²) in [5.74, 6) is 0.698. The molecule has 0 fully saturated rings. The maximum absolute atomic E-state index is 11.0. The number of hydroxylamine groups is 1. The standard InChI is InChI=1S/C15H16N2O3/c1-19-15-9-5-8-14(10-15)16-17(12-18)20-11-13-6-3-2-4-7-13/h2-10,12,16H,11H2,1H3. The van der Waals surface area contributed by atoms with Gasteiger partial charge in [-0.1, -0.05) is 36.4 Å². The van der Waals surface area contributed by atoms with Crippen LogP contribution < -0.4 is 10.2 Å². The highest BCUT2D eigenvalue weighted by atomic mass is 16.7. The van der Waals surface area contributed by atoms with Crippen LogP contribution >= 0.6 is 0 Å². The highest BCUT2D eigenvalue weighted by Gasteiger charge is 2.04. The molecule has 0 atom stereocenters. The number of hydrogen-bond acceptors (Lipinski definition) is 4. The van der Waals surface area contributed by atoms with Gasteiger partial charge < -0.3 is 4.74 Å². The number of nitrogens with one attached hydrogen (secondary N) is 1. The van der Waals surface area contributed by atoms with Crippen LogP contribution in [-0.2, 0) is 16.2 Å². The van der Waals surface area contributed by atoms with Gasteiger partial charge in [-0.3, -0.25) is 10.2 Å². The Morgan fingerprint density at radius 1 is 1.15 bits per heavy atom. The molecule has 104 valence electrons. The average molecular weight is 272 g/mol. The molecule has 1 N–H and O–H groups in total. The number of hydrazine groups is 1. The van der Waals surface area contributed by atoms with E-state index in [1.807, 2.05) is 48.5 Å². The number of carbonyl (C=O) groups excluding carboxylic acids is 1. The Hall–Kier alpha value is -2.53. The largest absolute Gasteiger partial charge is 0.497 e. The predicted molar refractivity (Wildman–Crippen MR) is 75.8 cm³/mol. The van der Waals surface area contributed by atoms with Crippen molar-refractivity contribution < 1.29 is 14.4 Å². The summed E-state index contributed by atoms with van der Waals surface area (Å²) in [6.07, 6.45) is 0.572. The second-order valence-corrected chi connectivity index (χ2v) is 4.03. The van der Waals surface area contributed by atoms with Gasteiger partial charge in [-0.25, -0.2) is 4.84 Å². The van der Waals surface area contributed by atoms with Crippen molar-refractivity contribution in [2.45, 2.75) is 6.61 Å². The predicted octanol–water partition coefficient (Wildman–Crippen LogP) is 2.61. The summed E-state index contributed by atoms with van der Waals surface area (Å²) < 4.78 is 5.11. The van der Waals surface area contributed by atoms with E-state index in [0.717, 1.165) is 10.7 Å². The van der Waals surface area contributed by atoms with E-state index < -0.39 is 0 Å². The third-order valence-corrected chi connectivity index (χ3v) is 2.62. The fraction of sp³-hybridized carbons (Fsp3) is 0.133. The molecule has 0 aliphatic heterocycles. The molecule has 0 saturated heterocycles. The van der Waals surface area contributed by atoms with Gasteiger partial charge in [-0.15, -0.1) is 5.17 Å². The van der Waals surface area contributed by atoms with Crippen LogP contribution in [0.3, 0.4) is 0 Å². The molecule has 2 aromatic carbocycles. The van der Waals surface area contributed by atoms with Crippen LogP contribution in [0.5, 0.6) is 5.75 Å². The van der Waals surface area contributed by atoms with Gasteiger partial charge in [0, 0.05) is 6.07 Å². The lowest BCUT2D eigenvalue weighted by Crippen LogP contribution is -2.28. The van der Waals surface area contributed by atoms with E-state index in [0.29, 0.717) is 24.5 Å². The first-order chi connectivity index (χ1) is 9.81. The molecule has 0 bridgehead atoms. The quantitative estimate of drug-likeness (QED) is 0.622. The Balaban J connectivity index is 1.93. The molecule has 0 aromatic heterocycles. The summed E-state index contributed by atoms with van der Waals surface area (Å²) in [6, 6.07) is 16.8. The Labute approximate surface area is 117 Å². The fourth-order valence-electron chi connectivity index (χ4n) is 1.63. The summed E-state index contributed by atoms with van der Waals surface area (Å²) in [5, 5.41) is 1.03. The van der Waals surface area contributed by atoms with E-state index in [9.17, 15) is 4.79 Å². The fourth-order valence-corrected chi connectivity index (χ4v) is 1.63. The van der Waals surface area contributed by atoms with E-state index in [1.165, 1.54) is 0 Å². The zero-order valence-electron chi connectivity index (χ0n) is 11.2. The van der Waals surface area contributed by atoms with Gasteiger partial charge in [0.1, 0.15) is 12.4 Å². The van der Waals surface area contributed by atoms with Gasteiger partial charge in [0.05, 0.1) is 12.8 Å². The Kier molecular flexibility index (Phi) is 4.97. The molecule has 2 rings (SSSR count). The third-order valence-electron chi connectivity index (χ3n) is 2.62. The molecular weight excluding hydrogens is 256 g/mol. The number of ether oxygens (including phenoxy) is 1. The summed E-state index contributed by atoms with van der Waals surface area (Å²) in [5.41, 5.74) is 4.51. The van der Waals surface area contributed by atoms with Crippen LogP contribution in [0.4, 0.5) is 5.69 Å². The molecule has 1 amide bonds. The smallest absolute Gasteiger partial charge is 0.254 e. The highest BCUT2D eigenvalue weighted by molar-refractivity contribution is 5.53. The van der Waals surface area contributed by atoms with Crippen LogP contribution in [0.1, 0.15) is 5.56 Å². The SMILES string of the molecule is COc1cccc(NN(C=O)OCc2ccccc2)c1. The molecule has 5 heteroatoms. The lowest BCUT2D eigenvalue weighted by molar-refractivity contribution is -0.168. The maximum atomic E-state index is 11.0.